The van der Waals surface area contributed by atoms with E-state index in [1.165, 1.54) is 18.0 Å². The zero-order chi connectivity index (χ0) is 27.9. The predicted octanol–water partition coefficient (Wildman–Crippen LogP) is 6.00. The van der Waals surface area contributed by atoms with Crippen molar-refractivity contribution in [2.45, 2.75) is 33.6 Å². The van der Waals surface area contributed by atoms with Crippen LogP contribution >= 0.6 is 11.8 Å². The van der Waals surface area contributed by atoms with E-state index in [4.69, 9.17) is 9.15 Å². The lowest BCUT2D eigenvalue weighted by molar-refractivity contribution is -0.114. The fraction of sp³-hybridized carbons (Fsp3) is 0.233. The van der Waals surface area contributed by atoms with Crippen LogP contribution < -0.4 is 20.7 Å². The number of benzene rings is 2. The third kappa shape index (κ3) is 6.54. The fourth-order valence-corrected chi connectivity index (χ4v) is 5.11. The summed E-state index contributed by atoms with van der Waals surface area (Å²) in [6.45, 7) is 8.22. The van der Waals surface area contributed by atoms with Crippen LogP contribution in [-0.2, 0) is 9.59 Å². The van der Waals surface area contributed by atoms with Crippen molar-refractivity contribution in [3.63, 3.8) is 0 Å². The number of rotatable bonds is 9. The molecule has 0 radical (unpaired) electrons. The number of hydrogen-bond donors (Lipinski definition) is 3. The minimum Gasteiger partial charge on any atom is -0.494 e. The van der Waals surface area contributed by atoms with E-state index in [-0.39, 0.29) is 17.6 Å². The number of carbonyl (C=O) groups is 2. The van der Waals surface area contributed by atoms with Gasteiger partial charge in [0, 0.05) is 17.1 Å². The molecule has 1 aliphatic rings. The van der Waals surface area contributed by atoms with Gasteiger partial charge >= 0.3 is 0 Å². The monoisotopic (exact) mass is 542 g/mol. The molecule has 4 rings (SSSR count). The zero-order valence-electron chi connectivity index (χ0n) is 22.3. The van der Waals surface area contributed by atoms with Gasteiger partial charge in [0.25, 0.3) is 5.91 Å². The van der Waals surface area contributed by atoms with E-state index in [1.54, 1.807) is 43.3 Å². The highest BCUT2D eigenvalue weighted by Crippen LogP contribution is 2.41. The lowest BCUT2D eigenvalue weighted by Crippen LogP contribution is -2.31. The second-order valence-electron chi connectivity index (χ2n) is 9.01. The third-order valence-electron chi connectivity index (χ3n) is 6.28. The van der Waals surface area contributed by atoms with Gasteiger partial charge < -0.3 is 25.1 Å². The van der Waals surface area contributed by atoms with Crippen LogP contribution in [0.2, 0.25) is 0 Å². The van der Waals surface area contributed by atoms with Crippen molar-refractivity contribution in [3.8, 4) is 11.8 Å². The van der Waals surface area contributed by atoms with Crippen molar-refractivity contribution in [2.75, 3.05) is 23.0 Å². The van der Waals surface area contributed by atoms with E-state index in [1.807, 2.05) is 39.0 Å². The maximum atomic E-state index is 13.5. The summed E-state index contributed by atoms with van der Waals surface area (Å²) in [6.07, 6.45) is 1.51. The number of nitriles is 1. The molecule has 0 spiro atoms. The highest BCUT2D eigenvalue weighted by atomic mass is 32.2. The Morgan fingerprint density at radius 2 is 1.79 bits per heavy atom. The van der Waals surface area contributed by atoms with Gasteiger partial charge in [0.2, 0.25) is 5.91 Å². The number of dihydropyridines is 1. The van der Waals surface area contributed by atoms with Gasteiger partial charge in [0.05, 0.1) is 46.8 Å². The molecular formula is C30H30N4O4S. The van der Waals surface area contributed by atoms with Gasteiger partial charge in [-0.15, -0.1) is 0 Å². The fourth-order valence-electron chi connectivity index (χ4n) is 4.22. The first-order chi connectivity index (χ1) is 18.8. The molecule has 0 bridgehead atoms. The summed E-state index contributed by atoms with van der Waals surface area (Å²) in [4.78, 5) is 26.2. The number of ether oxygens (including phenoxy) is 1. The van der Waals surface area contributed by atoms with Crippen LogP contribution in [0, 0.1) is 25.2 Å². The topological polar surface area (TPSA) is 116 Å². The van der Waals surface area contributed by atoms with Crippen molar-refractivity contribution in [1.82, 2.24) is 5.32 Å². The molecule has 200 valence electrons. The van der Waals surface area contributed by atoms with Gasteiger partial charge in [-0.3, -0.25) is 9.59 Å². The molecule has 1 unspecified atom stereocenters. The first-order valence-corrected chi connectivity index (χ1v) is 13.5. The quantitative estimate of drug-likeness (QED) is 0.304. The highest BCUT2D eigenvalue weighted by Gasteiger charge is 2.36. The van der Waals surface area contributed by atoms with Crippen molar-refractivity contribution in [1.29, 1.82) is 5.26 Å². The lowest BCUT2D eigenvalue weighted by atomic mass is 9.85. The normalized spacial score (nSPS) is 14.9. The van der Waals surface area contributed by atoms with Crippen LogP contribution in [-0.4, -0.2) is 24.2 Å². The van der Waals surface area contributed by atoms with E-state index in [2.05, 4.69) is 22.0 Å². The molecule has 1 atom stereocenters. The molecule has 9 heteroatoms. The molecular weight excluding hydrogens is 512 g/mol. The Labute approximate surface area is 232 Å². The number of aryl methyl sites for hydroxylation is 2. The first-order valence-electron chi connectivity index (χ1n) is 12.5. The number of carbonyl (C=O) groups excluding carboxylic acids is 2. The van der Waals surface area contributed by atoms with Crippen molar-refractivity contribution < 1.29 is 18.7 Å². The number of nitrogens with zero attached hydrogens (tertiary/aromatic N) is 1. The van der Waals surface area contributed by atoms with E-state index in [9.17, 15) is 14.9 Å². The first kappa shape index (κ1) is 27.6. The maximum Gasteiger partial charge on any atom is 0.254 e. The van der Waals surface area contributed by atoms with Crippen molar-refractivity contribution in [2.24, 2.45) is 0 Å². The number of anilines is 2. The standard InChI is InChI=1S/C30H30N4O4S/c1-5-37-23-12-10-21(11-13-23)34-29(36)27-20(4)32-30(24(16-31)28(27)25-7-6-14-38-25)39-17-26(35)33-22-9-8-18(2)19(3)15-22/h6-15,28,32H,5,17H2,1-4H3,(H,33,35)(H,34,36). The van der Waals surface area contributed by atoms with E-state index in [0.29, 0.717) is 51.4 Å². The molecule has 2 heterocycles. The summed E-state index contributed by atoms with van der Waals surface area (Å²) in [6, 6.07) is 18.5. The average molecular weight is 543 g/mol. The molecule has 0 saturated carbocycles. The second kappa shape index (κ2) is 12.4. The maximum absolute atomic E-state index is 13.5. The molecule has 2 amide bonds. The smallest absolute Gasteiger partial charge is 0.254 e. The van der Waals surface area contributed by atoms with Gasteiger partial charge in [-0.25, -0.2) is 0 Å². The summed E-state index contributed by atoms with van der Waals surface area (Å²) in [5.74, 6) is -0.0653. The Kier molecular flexibility index (Phi) is 8.79. The second-order valence-corrected chi connectivity index (χ2v) is 10.00. The minimum absolute atomic E-state index is 0.0757. The number of furan rings is 1. The Morgan fingerprint density at radius 3 is 2.44 bits per heavy atom. The Bertz CT molecular complexity index is 1470. The van der Waals surface area contributed by atoms with Gasteiger partial charge in [-0.05, 0) is 87.4 Å². The van der Waals surface area contributed by atoms with Crippen LogP contribution in [0.25, 0.3) is 0 Å². The average Bonchev–Trinajstić information content (AvgIpc) is 3.45. The Hall–Kier alpha value is -4.42. The van der Waals surface area contributed by atoms with Crippen LogP contribution in [0.4, 0.5) is 11.4 Å². The predicted molar refractivity (Wildman–Crippen MR) is 153 cm³/mol. The van der Waals surface area contributed by atoms with Gasteiger partial charge in [0.1, 0.15) is 11.5 Å². The zero-order valence-corrected chi connectivity index (χ0v) is 23.1. The highest BCUT2D eigenvalue weighted by molar-refractivity contribution is 8.03. The van der Waals surface area contributed by atoms with Crippen LogP contribution in [0.15, 0.2) is 87.1 Å². The van der Waals surface area contributed by atoms with Gasteiger partial charge in [-0.1, -0.05) is 17.8 Å². The Morgan fingerprint density at radius 1 is 1.05 bits per heavy atom. The summed E-state index contributed by atoms with van der Waals surface area (Å²) in [5.41, 5.74) is 4.76. The largest absolute Gasteiger partial charge is 0.494 e. The van der Waals surface area contributed by atoms with Crippen molar-refractivity contribution >= 4 is 35.0 Å². The summed E-state index contributed by atoms with van der Waals surface area (Å²) < 4.78 is 11.1. The molecule has 1 aromatic heterocycles. The summed E-state index contributed by atoms with van der Waals surface area (Å²) in [7, 11) is 0. The molecule has 39 heavy (non-hydrogen) atoms. The lowest BCUT2D eigenvalue weighted by Gasteiger charge is -2.28. The molecule has 0 saturated heterocycles. The molecule has 2 aromatic carbocycles. The van der Waals surface area contributed by atoms with Crippen LogP contribution in [0.5, 0.6) is 5.75 Å². The molecule has 3 N–H and O–H groups in total. The van der Waals surface area contributed by atoms with Crippen LogP contribution in [0.3, 0.4) is 0 Å². The molecule has 8 nitrogen and oxygen atoms in total. The van der Waals surface area contributed by atoms with E-state index in [0.717, 1.165) is 11.1 Å². The third-order valence-corrected chi connectivity index (χ3v) is 7.30. The SMILES string of the molecule is CCOc1ccc(NC(=O)C2=C(C)NC(SCC(=O)Nc3ccc(C)c(C)c3)=C(C#N)C2c2ccco2)cc1. The van der Waals surface area contributed by atoms with Crippen molar-refractivity contribution in [3.05, 3.63) is 99.6 Å². The molecule has 0 fully saturated rings. The van der Waals surface area contributed by atoms with E-state index < -0.39 is 5.92 Å². The number of hydrogen-bond acceptors (Lipinski definition) is 7. The van der Waals surface area contributed by atoms with Gasteiger partial charge in [-0.2, -0.15) is 5.26 Å². The minimum atomic E-state index is -0.737. The van der Waals surface area contributed by atoms with E-state index >= 15 is 0 Å². The Balaban J connectivity index is 1.55. The number of nitrogens with one attached hydrogen (secondary N) is 3. The number of amides is 2. The number of allylic oxidation sites excluding steroid dienone is 2. The van der Waals surface area contributed by atoms with Crippen LogP contribution in [0.1, 0.15) is 36.7 Å². The van der Waals surface area contributed by atoms with Gasteiger partial charge in [0.15, 0.2) is 0 Å². The summed E-state index contributed by atoms with van der Waals surface area (Å²) >= 11 is 1.21. The number of thioether (sulfide) groups is 1. The summed E-state index contributed by atoms with van der Waals surface area (Å²) in [5, 5.41) is 19.7. The molecule has 3 aromatic rings. The molecule has 1 aliphatic heterocycles. The molecule has 0 aliphatic carbocycles.